The lowest BCUT2D eigenvalue weighted by Gasteiger charge is -2.32. The van der Waals surface area contributed by atoms with Crippen molar-refractivity contribution in [1.82, 2.24) is 10.2 Å². The zero-order chi connectivity index (χ0) is 30.2. The van der Waals surface area contributed by atoms with Crippen LogP contribution in [0.5, 0.6) is 11.5 Å². The van der Waals surface area contributed by atoms with Crippen molar-refractivity contribution < 1.29 is 27.5 Å². The number of hydrogen-bond acceptors (Lipinski definition) is 6. The van der Waals surface area contributed by atoms with Gasteiger partial charge in [-0.25, -0.2) is 8.42 Å². The third kappa shape index (κ3) is 7.92. The maximum absolute atomic E-state index is 14.0. The molecule has 0 aromatic heterocycles. The van der Waals surface area contributed by atoms with Crippen molar-refractivity contribution >= 4 is 39.1 Å². The van der Waals surface area contributed by atoms with Crippen molar-refractivity contribution in [2.45, 2.75) is 50.7 Å². The fraction of sp³-hybridized carbons (Fsp3) is 0.333. The highest BCUT2D eigenvalue weighted by atomic mass is 35.5. The first kappa shape index (κ1) is 31.8. The van der Waals surface area contributed by atoms with Gasteiger partial charge in [-0.15, -0.1) is 0 Å². The summed E-state index contributed by atoms with van der Waals surface area (Å²) >= 11 is 6.35. The molecule has 1 N–H and O–H groups in total. The second-order valence-electron chi connectivity index (χ2n) is 9.51. The van der Waals surface area contributed by atoms with Crippen LogP contribution in [0.4, 0.5) is 5.69 Å². The summed E-state index contributed by atoms with van der Waals surface area (Å²) in [6.07, 6.45) is 0.712. The predicted octanol–water partition coefficient (Wildman–Crippen LogP) is 4.88. The van der Waals surface area contributed by atoms with E-state index in [1.165, 1.54) is 49.5 Å². The number of amides is 2. The molecular weight excluding hydrogens is 566 g/mol. The predicted molar refractivity (Wildman–Crippen MR) is 160 cm³/mol. The van der Waals surface area contributed by atoms with Gasteiger partial charge >= 0.3 is 0 Å². The van der Waals surface area contributed by atoms with E-state index in [9.17, 15) is 18.0 Å². The van der Waals surface area contributed by atoms with Crippen LogP contribution < -0.4 is 19.1 Å². The van der Waals surface area contributed by atoms with E-state index in [4.69, 9.17) is 21.1 Å². The molecule has 3 aromatic carbocycles. The maximum Gasteiger partial charge on any atom is 0.264 e. The molecule has 0 unspecified atom stereocenters. The van der Waals surface area contributed by atoms with Gasteiger partial charge in [0.1, 0.15) is 24.1 Å². The van der Waals surface area contributed by atoms with Crippen LogP contribution in [0.2, 0.25) is 5.02 Å². The SMILES string of the molecule is CC[C@H](C)NC(=O)[C@@H](C)N(Cc1cccc(OC)c1)C(=O)CN(c1ccc(OC)c(Cl)c1)S(=O)(=O)c1ccccc1. The Morgan fingerprint density at radius 2 is 1.66 bits per heavy atom. The number of halogens is 1. The van der Waals surface area contributed by atoms with Crippen LogP contribution in [-0.4, -0.2) is 58.0 Å². The Morgan fingerprint density at radius 1 is 0.951 bits per heavy atom. The number of carbonyl (C=O) groups excluding carboxylic acids is 2. The van der Waals surface area contributed by atoms with Crippen molar-refractivity contribution in [2.75, 3.05) is 25.1 Å². The van der Waals surface area contributed by atoms with Gasteiger partial charge in [0, 0.05) is 12.6 Å². The molecule has 41 heavy (non-hydrogen) atoms. The Hall–Kier alpha value is -3.76. The quantitative estimate of drug-likeness (QED) is 0.299. The van der Waals surface area contributed by atoms with Crippen molar-refractivity contribution in [1.29, 1.82) is 0 Å². The Morgan fingerprint density at radius 3 is 2.27 bits per heavy atom. The number of rotatable bonds is 13. The lowest BCUT2D eigenvalue weighted by molar-refractivity contribution is -0.139. The summed E-state index contributed by atoms with van der Waals surface area (Å²) in [5, 5.41) is 3.09. The molecule has 3 aromatic rings. The average molecular weight is 602 g/mol. The minimum absolute atomic E-state index is 0.00153. The third-order valence-corrected chi connectivity index (χ3v) is 8.77. The van der Waals surface area contributed by atoms with Crippen LogP contribution in [0, 0.1) is 0 Å². The Kier molecular flexibility index (Phi) is 11.0. The second-order valence-corrected chi connectivity index (χ2v) is 11.8. The molecule has 0 spiro atoms. The van der Waals surface area contributed by atoms with Crippen molar-refractivity contribution in [3.8, 4) is 11.5 Å². The van der Waals surface area contributed by atoms with Gasteiger partial charge in [0.2, 0.25) is 11.8 Å². The van der Waals surface area contributed by atoms with E-state index in [-0.39, 0.29) is 34.1 Å². The van der Waals surface area contributed by atoms with E-state index in [0.29, 0.717) is 23.5 Å². The van der Waals surface area contributed by atoms with E-state index in [0.717, 1.165) is 4.31 Å². The summed E-state index contributed by atoms with van der Waals surface area (Å²) in [5.41, 5.74) is 0.886. The van der Waals surface area contributed by atoms with E-state index in [2.05, 4.69) is 5.32 Å². The summed E-state index contributed by atoms with van der Waals surface area (Å²) in [4.78, 5) is 28.6. The highest BCUT2D eigenvalue weighted by Gasteiger charge is 2.33. The van der Waals surface area contributed by atoms with Crippen molar-refractivity contribution in [3.63, 3.8) is 0 Å². The molecule has 2 amide bonds. The average Bonchev–Trinajstić information content (AvgIpc) is 2.98. The van der Waals surface area contributed by atoms with Crippen LogP contribution in [-0.2, 0) is 26.2 Å². The zero-order valence-electron chi connectivity index (χ0n) is 23.8. The van der Waals surface area contributed by atoms with Gasteiger partial charge in [-0.3, -0.25) is 13.9 Å². The number of methoxy groups -OCH3 is 2. The molecule has 11 heteroatoms. The van der Waals surface area contributed by atoms with Crippen LogP contribution in [0.25, 0.3) is 0 Å². The summed E-state index contributed by atoms with van der Waals surface area (Å²) in [6.45, 7) is 4.91. The van der Waals surface area contributed by atoms with Gasteiger partial charge in [-0.05, 0) is 68.3 Å². The maximum atomic E-state index is 14.0. The molecule has 220 valence electrons. The summed E-state index contributed by atoms with van der Waals surface area (Å²) in [7, 11) is -1.22. The molecule has 0 fully saturated rings. The molecule has 0 radical (unpaired) electrons. The van der Waals surface area contributed by atoms with Crippen LogP contribution in [0.1, 0.15) is 32.8 Å². The number of sulfonamides is 1. The van der Waals surface area contributed by atoms with E-state index < -0.39 is 28.5 Å². The second kappa shape index (κ2) is 14.2. The third-order valence-electron chi connectivity index (χ3n) is 6.69. The molecule has 0 aliphatic carbocycles. The number of carbonyl (C=O) groups is 2. The molecule has 9 nitrogen and oxygen atoms in total. The first-order valence-electron chi connectivity index (χ1n) is 13.2. The van der Waals surface area contributed by atoms with E-state index in [1.807, 2.05) is 19.9 Å². The molecule has 0 aliphatic heterocycles. The van der Waals surface area contributed by atoms with Gasteiger partial charge in [0.05, 0.1) is 29.8 Å². The summed E-state index contributed by atoms with van der Waals surface area (Å²) in [5.74, 6) is 0.0215. The number of ether oxygens (including phenoxy) is 2. The standard InChI is InChI=1S/C30H36ClN3O6S/c1-6-21(2)32-30(36)22(3)33(19-23-11-10-12-25(17-23)39-4)29(35)20-34(24-15-16-28(40-5)27(31)18-24)41(37,38)26-13-8-7-9-14-26/h7-18,21-22H,6,19-20H2,1-5H3,(H,32,36)/t21-,22+/m0/s1. The van der Waals surface area contributed by atoms with Gasteiger partial charge in [-0.1, -0.05) is 48.9 Å². The summed E-state index contributed by atoms with van der Waals surface area (Å²) in [6, 6.07) is 18.4. The lowest BCUT2D eigenvalue weighted by Crippen LogP contribution is -2.52. The lowest BCUT2D eigenvalue weighted by atomic mass is 10.1. The fourth-order valence-electron chi connectivity index (χ4n) is 4.07. The molecule has 3 rings (SSSR count). The summed E-state index contributed by atoms with van der Waals surface area (Å²) < 4.78 is 39.3. The molecule has 2 atom stereocenters. The van der Waals surface area contributed by atoms with Crippen LogP contribution >= 0.6 is 11.6 Å². The van der Waals surface area contributed by atoms with Gasteiger partial charge in [0.25, 0.3) is 10.0 Å². The Balaban J connectivity index is 2.06. The topological polar surface area (TPSA) is 105 Å². The highest BCUT2D eigenvalue weighted by molar-refractivity contribution is 7.92. The minimum Gasteiger partial charge on any atom is -0.497 e. The molecular formula is C30H36ClN3O6S. The van der Waals surface area contributed by atoms with E-state index in [1.54, 1.807) is 43.3 Å². The van der Waals surface area contributed by atoms with Gasteiger partial charge < -0.3 is 19.7 Å². The molecule has 0 bridgehead atoms. The normalized spacial score (nSPS) is 12.6. The van der Waals surface area contributed by atoms with Gasteiger partial charge in [-0.2, -0.15) is 0 Å². The molecule has 0 aliphatic rings. The number of hydrogen-bond donors (Lipinski definition) is 1. The van der Waals surface area contributed by atoms with Crippen LogP contribution in [0.15, 0.2) is 77.7 Å². The Bertz CT molecular complexity index is 1450. The molecule has 0 heterocycles. The smallest absolute Gasteiger partial charge is 0.264 e. The number of nitrogens with zero attached hydrogens (tertiary/aromatic N) is 2. The van der Waals surface area contributed by atoms with Crippen molar-refractivity contribution in [2.24, 2.45) is 0 Å². The van der Waals surface area contributed by atoms with Crippen molar-refractivity contribution in [3.05, 3.63) is 83.4 Å². The zero-order valence-corrected chi connectivity index (χ0v) is 25.4. The minimum atomic E-state index is -4.21. The first-order chi connectivity index (χ1) is 19.5. The fourth-order valence-corrected chi connectivity index (χ4v) is 5.75. The van der Waals surface area contributed by atoms with E-state index >= 15 is 0 Å². The number of benzene rings is 3. The molecule has 0 saturated heterocycles. The highest BCUT2D eigenvalue weighted by Crippen LogP contribution is 2.32. The largest absolute Gasteiger partial charge is 0.497 e. The monoisotopic (exact) mass is 601 g/mol. The van der Waals surface area contributed by atoms with Gasteiger partial charge in [0.15, 0.2) is 0 Å². The Labute approximate surface area is 247 Å². The number of anilines is 1. The number of nitrogens with one attached hydrogen (secondary N) is 1. The molecule has 0 saturated carbocycles. The van der Waals surface area contributed by atoms with Crippen LogP contribution in [0.3, 0.4) is 0 Å². The first-order valence-corrected chi connectivity index (χ1v) is 15.0.